The van der Waals surface area contributed by atoms with Gasteiger partial charge in [-0.1, -0.05) is 97.2 Å². The summed E-state index contributed by atoms with van der Waals surface area (Å²) >= 11 is 12.5. The number of carbonyl (C=O) groups excluding carboxylic acids is 2. The molecule has 178 valence electrons. The number of unbranched alkanes of at least 4 members (excludes halogenated alkanes) is 1. The highest BCUT2D eigenvalue weighted by Gasteiger charge is 2.30. The highest BCUT2D eigenvalue weighted by Crippen LogP contribution is 2.21. The molecule has 0 aliphatic heterocycles. The monoisotopic (exact) mass is 496 g/mol. The Morgan fingerprint density at radius 3 is 2.24 bits per heavy atom. The molecule has 0 saturated carbocycles. The van der Waals surface area contributed by atoms with Crippen molar-refractivity contribution in [1.82, 2.24) is 10.2 Å². The van der Waals surface area contributed by atoms with Crippen LogP contribution in [0.1, 0.15) is 36.5 Å². The number of halogens is 2. The fraction of sp³-hybridized carbons (Fsp3) is 0.286. The standard InChI is InChI=1S/C28H30Cl2N2O2/c1-2-3-17-31-28(34)26(18-21-9-5-4-6-10-21)32(20-23-11-7-8-12-25(23)30)27(33)19-22-13-15-24(29)16-14-22/h4-16,26H,2-3,17-20H2,1H3,(H,31,34)/t26-/m0/s1. The topological polar surface area (TPSA) is 49.4 Å². The van der Waals surface area contributed by atoms with E-state index in [0.29, 0.717) is 23.0 Å². The molecular formula is C28H30Cl2N2O2. The van der Waals surface area contributed by atoms with Crippen molar-refractivity contribution in [1.29, 1.82) is 0 Å². The van der Waals surface area contributed by atoms with Crippen molar-refractivity contribution < 1.29 is 9.59 Å². The number of nitrogens with zero attached hydrogens (tertiary/aromatic N) is 1. The normalized spacial score (nSPS) is 11.6. The first-order valence-electron chi connectivity index (χ1n) is 11.6. The number of hydrogen-bond donors (Lipinski definition) is 1. The Morgan fingerprint density at radius 2 is 1.56 bits per heavy atom. The lowest BCUT2D eigenvalue weighted by Gasteiger charge is -2.32. The van der Waals surface area contributed by atoms with Crippen LogP contribution in [-0.2, 0) is 29.0 Å². The van der Waals surface area contributed by atoms with E-state index in [0.717, 1.165) is 29.5 Å². The molecule has 0 fully saturated rings. The summed E-state index contributed by atoms with van der Waals surface area (Å²) in [4.78, 5) is 28.7. The van der Waals surface area contributed by atoms with Crippen LogP contribution >= 0.6 is 23.2 Å². The Balaban J connectivity index is 1.94. The van der Waals surface area contributed by atoms with Gasteiger partial charge in [0.1, 0.15) is 6.04 Å². The zero-order valence-corrected chi connectivity index (χ0v) is 20.9. The second kappa shape index (κ2) is 13.2. The lowest BCUT2D eigenvalue weighted by Crippen LogP contribution is -2.51. The van der Waals surface area contributed by atoms with Gasteiger partial charge in [0.25, 0.3) is 0 Å². The van der Waals surface area contributed by atoms with Gasteiger partial charge in [0.15, 0.2) is 0 Å². The van der Waals surface area contributed by atoms with Gasteiger partial charge >= 0.3 is 0 Å². The van der Waals surface area contributed by atoms with Crippen LogP contribution in [0.4, 0.5) is 0 Å². The van der Waals surface area contributed by atoms with Gasteiger partial charge in [-0.2, -0.15) is 0 Å². The van der Waals surface area contributed by atoms with Gasteiger partial charge in [-0.15, -0.1) is 0 Å². The Bertz CT molecular complexity index is 1070. The maximum absolute atomic E-state index is 13.6. The minimum atomic E-state index is -0.671. The van der Waals surface area contributed by atoms with Crippen LogP contribution in [0.15, 0.2) is 78.9 Å². The van der Waals surface area contributed by atoms with Crippen molar-refractivity contribution in [3.63, 3.8) is 0 Å². The number of carbonyl (C=O) groups is 2. The molecule has 2 amide bonds. The Hall–Kier alpha value is -2.82. The van der Waals surface area contributed by atoms with E-state index < -0.39 is 6.04 Å². The Labute approximate surface area is 211 Å². The van der Waals surface area contributed by atoms with Crippen LogP contribution < -0.4 is 5.32 Å². The van der Waals surface area contributed by atoms with E-state index >= 15 is 0 Å². The SMILES string of the molecule is CCCCNC(=O)[C@H](Cc1ccccc1)N(Cc1ccccc1Cl)C(=O)Cc1ccc(Cl)cc1. The summed E-state index contributed by atoms with van der Waals surface area (Å²) in [6.07, 6.45) is 2.43. The molecule has 0 aliphatic carbocycles. The third-order valence-electron chi connectivity index (χ3n) is 5.67. The summed E-state index contributed by atoms with van der Waals surface area (Å²) in [6, 6.07) is 23.7. The minimum Gasteiger partial charge on any atom is -0.354 e. The molecule has 0 saturated heterocycles. The molecule has 0 aromatic heterocycles. The summed E-state index contributed by atoms with van der Waals surface area (Å²) in [5.41, 5.74) is 2.62. The predicted octanol–water partition coefficient (Wildman–Crippen LogP) is 6.09. The average Bonchev–Trinajstić information content (AvgIpc) is 2.84. The average molecular weight is 497 g/mol. The lowest BCUT2D eigenvalue weighted by atomic mass is 10.0. The molecule has 0 bridgehead atoms. The molecule has 0 heterocycles. The lowest BCUT2D eigenvalue weighted by molar-refractivity contribution is -0.140. The summed E-state index contributed by atoms with van der Waals surface area (Å²) < 4.78 is 0. The van der Waals surface area contributed by atoms with Gasteiger partial charge < -0.3 is 10.2 Å². The second-order valence-electron chi connectivity index (χ2n) is 8.27. The first-order valence-corrected chi connectivity index (χ1v) is 12.3. The fourth-order valence-corrected chi connectivity index (χ4v) is 4.07. The predicted molar refractivity (Wildman–Crippen MR) is 139 cm³/mol. The molecule has 0 radical (unpaired) electrons. The van der Waals surface area contributed by atoms with Crippen molar-refractivity contribution in [2.45, 2.75) is 45.2 Å². The molecule has 1 atom stereocenters. The van der Waals surface area contributed by atoms with Gasteiger partial charge in [-0.05, 0) is 41.3 Å². The first-order chi connectivity index (χ1) is 16.5. The minimum absolute atomic E-state index is 0.145. The smallest absolute Gasteiger partial charge is 0.243 e. The van der Waals surface area contributed by atoms with Crippen molar-refractivity contribution in [2.75, 3.05) is 6.54 Å². The van der Waals surface area contributed by atoms with Gasteiger partial charge in [-0.25, -0.2) is 0 Å². The third kappa shape index (κ3) is 7.61. The molecule has 0 unspecified atom stereocenters. The number of nitrogens with one attached hydrogen (secondary N) is 1. The van der Waals surface area contributed by atoms with E-state index in [9.17, 15) is 9.59 Å². The van der Waals surface area contributed by atoms with E-state index in [4.69, 9.17) is 23.2 Å². The zero-order valence-electron chi connectivity index (χ0n) is 19.3. The van der Waals surface area contributed by atoms with Crippen molar-refractivity contribution in [3.05, 3.63) is 106 Å². The Kier molecular flexibility index (Phi) is 9.99. The number of hydrogen-bond acceptors (Lipinski definition) is 2. The molecular weight excluding hydrogens is 467 g/mol. The molecule has 3 rings (SSSR count). The number of amides is 2. The highest BCUT2D eigenvalue weighted by atomic mass is 35.5. The summed E-state index contributed by atoms with van der Waals surface area (Å²) in [6.45, 7) is 2.89. The van der Waals surface area contributed by atoms with Crippen molar-refractivity contribution in [3.8, 4) is 0 Å². The molecule has 6 heteroatoms. The molecule has 3 aromatic carbocycles. The number of benzene rings is 3. The van der Waals surface area contributed by atoms with Gasteiger partial charge in [0, 0.05) is 29.6 Å². The van der Waals surface area contributed by atoms with Crippen LogP contribution in [0.25, 0.3) is 0 Å². The van der Waals surface area contributed by atoms with Gasteiger partial charge in [0.05, 0.1) is 6.42 Å². The maximum atomic E-state index is 13.6. The van der Waals surface area contributed by atoms with E-state index in [-0.39, 0.29) is 24.8 Å². The molecule has 34 heavy (non-hydrogen) atoms. The highest BCUT2D eigenvalue weighted by molar-refractivity contribution is 6.31. The molecule has 0 spiro atoms. The summed E-state index contributed by atoms with van der Waals surface area (Å²) in [5.74, 6) is -0.303. The van der Waals surface area contributed by atoms with Crippen LogP contribution in [0, 0.1) is 0 Å². The summed E-state index contributed by atoms with van der Waals surface area (Å²) in [5, 5.41) is 4.21. The molecule has 0 aliphatic rings. The van der Waals surface area contributed by atoms with Gasteiger partial charge in [-0.3, -0.25) is 9.59 Å². The zero-order chi connectivity index (χ0) is 24.3. The Morgan fingerprint density at radius 1 is 0.882 bits per heavy atom. The van der Waals surface area contributed by atoms with E-state index in [1.54, 1.807) is 23.1 Å². The fourth-order valence-electron chi connectivity index (χ4n) is 3.75. The van der Waals surface area contributed by atoms with E-state index in [1.165, 1.54) is 0 Å². The van der Waals surface area contributed by atoms with Crippen molar-refractivity contribution >= 4 is 35.0 Å². The van der Waals surface area contributed by atoms with Crippen LogP contribution in [-0.4, -0.2) is 29.3 Å². The summed E-state index contributed by atoms with van der Waals surface area (Å²) in [7, 11) is 0. The second-order valence-corrected chi connectivity index (χ2v) is 9.11. The van der Waals surface area contributed by atoms with Gasteiger partial charge in [0.2, 0.25) is 11.8 Å². The van der Waals surface area contributed by atoms with Crippen LogP contribution in [0.3, 0.4) is 0 Å². The quantitative estimate of drug-likeness (QED) is 0.326. The maximum Gasteiger partial charge on any atom is 0.243 e. The van der Waals surface area contributed by atoms with Crippen LogP contribution in [0.5, 0.6) is 0 Å². The molecule has 4 nitrogen and oxygen atoms in total. The van der Waals surface area contributed by atoms with Crippen LogP contribution in [0.2, 0.25) is 10.0 Å². The van der Waals surface area contributed by atoms with E-state index in [2.05, 4.69) is 12.2 Å². The van der Waals surface area contributed by atoms with E-state index in [1.807, 2.05) is 60.7 Å². The number of rotatable bonds is 11. The largest absolute Gasteiger partial charge is 0.354 e. The third-order valence-corrected chi connectivity index (χ3v) is 6.29. The van der Waals surface area contributed by atoms with Crippen molar-refractivity contribution in [2.24, 2.45) is 0 Å². The molecule has 3 aromatic rings. The molecule has 1 N–H and O–H groups in total. The first kappa shape index (κ1) is 25.8.